The van der Waals surface area contributed by atoms with Gasteiger partial charge in [0, 0.05) is 19.8 Å². The summed E-state index contributed by atoms with van der Waals surface area (Å²) in [7, 11) is 0. The molecule has 1 rings (SSSR count). The van der Waals surface area contributed by atoms with Gasteiger partial charge in [0.15, 0.2) is 0 Å². The molecule has 1 unspecified atom stereocenters. The Bertz CT molecular complexity index is 155. The van der Waals surface area contributed by atoms with E-state index in [1.165, 1.54) is 0 Å². The van der Waals surface area contributed by atoms with Crippen molar-refractivity contribution in [1.29, 1.82) is 0 Å². The second-order valence-corrected chi connectivity index (χ2v) is 4.38. The first-order valence-electron chi connectivity index (χ1n) is 5.19. The van der Waals surface area contributed by atoms with Crippen molar-refractivity contribution in [3.8, 4) is 0 Å². The maximum Gasteiger partial charge on any atom is 0.0666 e. The molecule has 0 spiro atoms. The Hall–Kier alpha value is -0.160. The van der Waals surface area contributed by atoms with Crippen LogP contribution < -0.4 is 5.73 Å². The van der Waals surface area contributed by atoms with E-state index in [9.17, 15) is 0 Å². The fourth-order valence-corrected chi connectivity index (χ4v) is 1.42. The van der Waals surface area contributed by atoms with Crippen molar-refractivity contribution in [3.63, 3.8) is 0 Å². The lowest BCUT2D eigenvalue weighted by Crippen LogP contribution is -2.45. The number of aliphatic hydroxyl groups excluding tert-OH is 1. The van der Waals surface area contributed by atoms with Crippen LogP contribution in [0.2, 0.25) is 0 Å². The highest BCUT2D eigenvalue weighted by Gasteiger charge is 2.19. The van der Waals surface area contributed by atoms with Crippen molar-refractivity contribution in [3.05, 3.63) is 0 Å². The first kappa shape index (κ1) is 11.9. The zero-order valence-corrected chi connectivity index (χ0v) is 8.87. The van der Waals surface area contributed by atoms with Crippen molar-refractivity contribution in [2.24, 2.45) is 11.7 Å². The summed E-state index contributed by atoms with van der Waals surface area (Å²) in [5.41, 5.74) is 5.13. The Morgan fingerprint density at radius 2 is 2.14 bits per heavy atom. The molecular weight excluding hydrogens is 182 g/mol. The summed E-state index contributed by atoms with van der Waals surface area (Å²) in [6.45, 7) is 4.58. The fourth-order valence-electron chi connectivity index (χ4n) is 1.42. The van der Waals surface area contributed by atoms with Gasteiger partial charge in [0.1, 0.15) is 0 Å². The summed E-state index contributed by atoms with van der Waals surface area (Å²) in [5, 5.41) is 8.91. The van der Waals surface area contributed by atoms with Crippen LogP contribution in [0.15, 0.2) is 0 Å². The van der Waals surface area contributed by atoms with Crippen LogP contribution in [0.25, 0.3) is 0 Å². The Morgan fingerprint density at radius 3 is 2.71 bits per heavy atom. The van der Waals surface area contributed by atoms with Crippen molar-refractivity contribution >= 4 is 0 Å². The highest BCUT2D eigenvalue weighted by molar-refractivity contribution is 4.76. The Morgan fingerprint density at radius 1 is 1.50 bits per heavy atom. The summed E-state index contributed by atoms with van der Waals surface area (Å²) < 4.78 is 10.7. The zero-order valence-electron chi connectivity index (χ0n) is 8.87. The van der Waals surface area contributed by atoms with E-state index in [-0.39, 0.29) is 6.61 Å². The molecule has 1 aliphatic heterocycles. The molecule has 4 nitrogen and oxygen atoms in total. The average Bonchev–Trinajstić information content (AvgIpc) is 2.19. The molecule has 14 heavy (non-hydrogen) atoms. The molecule has 0 amide bonds. The van der Waals surface area contributed by atoms with E-state index in [1.807, 2.05) is 0 Å². The molecule has 0 saturated carbocycles. The van der Waals surface area contributed by atoms with Crippen molar-refractivity contribution < 1.29 is 14.6 Å². The fraction of sp³-hybridized carbons (Fsp3) is 1.00. The quantitative estimate of drug-likeness (QED) is 0.667. The Balaban J connectivity index is 2.08. The van der Waals surface area contributed by atoms with Gasteiger partial charge in [-0.3, -0.25) is 0 Å². The lowest BCUT2D eigenvalue weighted by Gasteiger charge is -2.25. The van der Waals surface area contributed by atoms with Crippen molar-refractivity contribution in [1.82, 2.24) is 0 Å². The summed E-state index contributed by atoms with van der Waals surface area (Å²) in [4.78, 5) is 0. The van der Waals surface area contributed by atoms with E-state index in [0.717, 1.165) is 32.7 Å². The minimum Gasteiger partial charge on any atom is -0.394 e. The molecule has 3 N–H and O–H groups in total. The van der Waals surface area contributed by atoms with E-state index >= 15 is 0 Å². The predicted molar refractivity (Wildman–Crippen MR) is 54.0 cm³/mol. The van der Waals surface area contributed by atoms with E-state index in [0.29, 0.717) is 12.5 Å². The Kier molecular flexibility index (Phi) is 4.81. The van der Waals surface area contributed by atoms with Crippen molar-refractivity contribution in [2.75, 3.05) is 33.0 Å². The van der Waals surface area contributed by atoms with E-state index < -0.39 is 5.54 Å². The topological polar surface area (TPSA) is 64.7 Å². The summed E-state index contributed by atoms with van der Waals surface area (Å²) in [5.74, 6) is 0.596. The maximum atomic E-state index is 8.91. The first-order valence-corrected chi connectivity index (χ1v) is 5.19. The van der Waals surface area contributed by atoms with Gasteiger partial charge in [0.25, 0.3) is 0 Å². The number of rotatable bonds is 5. The van der Waals surface area contributed by atoms with Crippen LogP contribution in [-0.4, -0.2) is 43.7 Å². The van der Waals surface area contributed by atoms with Crippen LogP contribution in [0, 0.1) is 5.92 Å². The highest BCUT2D eigenvalue weighted by Crippen LogP contribution is 2.15. The van der Waals surface area contributed by atoms with E-state index in [1.54, 1.807) is 6.92 Å². The molecule has 1 heterocycles. The number of nitrogens with two attached hydrogens (primary N) is 1. The smallest absolute Gasteiger partial charge is 0.0666 e. The van der Waals surface area contributed by atoms with Crippen LogP contribution in [0.4, 0.5) is 0 Å². The predicted octanol–water partition coefficient (Wildman–Crippen LogP) is 0.139. The maximum absolute atomic E-state index is 8.91. The molecule has 0 aromatic heterocycles. The molecule has 1 fully saturated rings. The van der Waals surface area contributed by atoms with Gasteiger partial charge in [-0.15, -0.1) is 0 Å². The van der Waals surface area contributed by atoms with E-state index in [4.69, 9.17) is 20.3 Å². The van der Waals surface area contributed by atoms with Crippen LogP contribution in [0.1, 0.15) is 19.8 Å². The van der Waals surface area contributed by atoms with Crippen LogP contribution in [0.3, 0.4) is 0 Å². The van der Waals surface area contributed by atoms with E-state index in [2.05, 4.69) is 0 Å². The standard InChI is InChI=1S/C10H21NO3/c1-10(11,7-12)8-14-6-9-2-4-13-5-3-9/h9,12H,2-8,11H2,1H3. The van der Waals surface area contributed by atoms with Gasteiger partial charge in [-0.05, 0) is 25.7 Å². The highest BCUT2D eigenvalue weighted by atomic mass is 16.5. The average molecular weight is 203 g/mol. The lowest BCUT2D eigenvalue weighted by atomic mass is 10.0. The van der Waals surface area contributed by atoms with Gasteiger partial charge in [-0.1, -0.05) is 0 Å². The number of hydrogen-bond acceptors (Lipinski definition) is 4. The van der Waals surface area contributed by atoms with Gasteiger partial charge in [0.05, 0.1) is 18.8 Å². The minimum absolute atomic E-state index is 0.0409. The molecule has 1 saturated heterocycles. The molecule has 0 aliphatic carbocycles. The van der Waals surface area contributed by atoms with Crippen LogP contribution in [-0.2, 0) is 9.47 Å². The van der Waals surface area contributed by atoms with Crippen LogP contribution in [0.5, 0.6) is 0 Å². The third-order valence-corrected chi connectivity index (χ3v) is 2.49. The number of aliphatic hydroxyl groups is 1. The monoisotopic (exact) mass is 203 g/mol. The van der Waals surface area contributed by atoms with Gasteiger partial charge in [0.2, 0.25) is 0 Å². The number of ether oxygens (including phenoxy) is 2. The minimum atomic E-state index is -0.606. The molecule has 84 valence electrons. The molecule has 0 bridgehead atoms. The van der Waals surface area contributed by atoms with Crippen molar-refractivity contribution in [2.45, 2.75) is 25.3 Å². The molecule has 0 radical (unpaired) electrons. The molecule has 0 aromatic rings. The van der Waals surface area contributed by atoms with Gasteiger partial charge >= 0.3 is 0 Å². The summed E-state index contributed by atoms with van der Waals surface area (Å²) in [6.07, 6.45) is 2.14. The lowest BCUT2D eigenvalue weighted by molar-refractivity contribution is 0.00181. The second-order valence-electron chi connectivity index (χ2n) is 4.38. The third kappa shape index (κ3) is 4.37. The molecule has 1 aliphatic rings. The first-order chi connectivity index (χ1) is 6.64. The zero-order chi connectivity index (χ0) is 10.4. The SMILES string of the molecule is CC(N)(CO)COCC1CCOCC1. The normalized spacial score (nSPS) is 23.4. The van der Waals surface area contributed by atoms with Gasteiger partial charge < -0.3 is 20.3 Å². The second kappa shape index (κ2) is 5.66. The molecule has 0 aromatic carbocycles. The summed E-state index contributed by atoms with van der Waals surface area (Å²) >= 11 is 0. The van der Waals surface area contributed by atoms with Gasteiger partial charge in [-0.2, -0.15) is 0 Å². The van der Waals surface area contributed by atoms with Gasteiger partial charge in [-0.25, -0.2) is 0 Å². The summed E-state index contributed by atoms with van der Waals surface area (Å²) in [6, 6.07) is 0. The largest absolute Gasteiger partial charge is 0.394 e. The molecule has 1 atom stereocenters. The third-order valence-electron chi connectivity index (χ3n) is 2.49. The molecule has 4 heteroatoms. The Labute approximate surface area is 85.4 Å². The number of hydrogen-bond donors (Lipinski definition) is 2. The van der Waals surface area contributed by atoms with Crippen LogP contribution >= 0.6 is 0 Å². The molecular formula is C10H21NO3.